The topological polar surface area (TPSA) is 111 Å². The van der Waals surface area contributed by atoms with Gasteiger partial charge in [-0.3, -0.25) is 15.0 Å². The van der Waals surface area contributed by atoms with Gasteiger partial charge in [0, 0.05) is 5.41 Å². The van der Waals surface area contributed by atoms with E-state index in [1.54, 1.807) is 12.1 Å². The number of H-pyrrole nitrogens is 2. The average molecular weight is 288 g/mol. The van der Waals surface area contributed by atoms with Gasteiger partial charge in [-0.1, -0.05) is 26.8 Å². The first-order valence-corrected chi connectivity index (χ1v) is 6.35. The summed E-state index contributed by atoms with van der Waals surface area (Å²) in [5, 5.41) is 22.1. The molecule has 0 atom stereocenters. The van der Waals surface area contributed by atoms with Gasteiger partial charge in [-0.15, -0.1) is 5.11 Å². The molecule has 0 saturated carbocycles. The summed E-state index contributed by atoms with van der Waals surface area (Å²) in [6.07, 6.45) is 0. The van der Waals surface area contributed by atoms with Gasteiger partial charge in [0.15, 0.2) is 5.69 Å². The molecule has 0 radical (unpaired) electrons. The number of nitrogens with zero attached hydrogens (tertiary/aromatic N) is 2. The fourth-order valence-corrected chi connectivity index (χ4v) is 1.80. The molecule has 0 fully saturated rings. The lowest BCUT2D eigenvalue weighted by molar-refractivity contribution is 0.0697. The lowest BCUT2D eigenvalue weighted by Gasteiger charge is -2.15. The lowest BCUT2D eigenvalue weighted by atomic mass is 9.91. The molecule has 1 aromatic carbocycles. The second-order valence-electron chi connectivity index (χ2n) is 5.61. The summed E-state index contributed by atoms with van der Waals surface area (Å²) >= 11 is 0. The molecular weight excluding hydrogens is 272 g/mol. The van der Waals surface area contributed by atoms with Crippen molar-refractivity contribution in [3.05, 3.63) is 45.9 Å². The van der Waals surface area contributed by atoms with Crippen LogP contribution < -0.4 is 5.56 Å². The number of aromatic amines is 2. The highest BCUT2D eigenvalue weighted by molar-refractivity contribution is 5.88. The van der Waals surface area contributed by atoms with E-state index < -0.39 is 5.97 Å². The fraction of sp³-hybridized carbons (Fsp3) is 0.286. The summed E-state index contributed by atoms with van der Waals surface area (Å²) in [4.78, 5) is 22.6. The van der Waals surface area contributed by atoms with Crippen molar-refractivity contribution in [2.24, 2.45) is 10.2 Å². The Kier molecular flexibility index (Phi) is 3.75. The van der Waals surface area contributed by atoms with Crippen molar-refractivity contribution in [3.63, 3.8) is 0 Å². The molecule has 7 heteroatoms. The number of nitrogens with one attached hydrogen (secondary N) is 2. The summed E-state index contributed by atoms with van der Waals surface area (Å²) in [7, 11) is 0. The molecule has 0 aliphatic rings. The van der Waals surface area contributed by atoms with E-state index in [9.17, 15) is 9.59 Å². The summed E-state index contributed by atoms with van der Waals surface area (Å²) in [6, 6.07) is 6.05. The van der Waals surface area contributed by atoms with E-state index >= 15 is 0 Å². The van der Waals surface area contributed by atoms with Crippen molar-refractivity contribution in [3.8, 4) is 0 Å². The molecule has 0 aliphatic carbocycles. The Hall–Kier alpha value is -2.70. The number of carboxylic acid groups (broad SMARTS) is 1. The van der Waals surface area contributed by atoms with Crippen molar-refractivity contribution in [1.82, 2.24) is 10.2 Å². The molecular formula is C14H16N4O3. The smallest absolute Gasteiger partial charge is 0.335 e. The minimum absolute atomic E-state index is 0.116. The first-order chi connectivity index (χ1) is 9.79. The Labute approximate surface area is 120 Å². The van der Waals surface area contributed by atoms with Gasteiger partial charge in [0.1, 0.15) is 0 Å². The number of aromatic nitrogens is 2. The van der Waals surface area contributed by atoms with Crippen LogP contribution in [-0.2, 0) is 5.41 Å². The predicted molar refractivity (Wildman–Crippen MR) is 77.7 cm³/mol. The molecule has 3 N–H and O–H groups in total. The van der Waals surface area contributed by atoms with Gasteiger partial charge in [0.25, 0.3) is 5.56 Å². The van der Waals surface area contributed by atoms with E-state index in [1.165, 1.54) is 12.1 Å². The quantitative estimate of drug-likeness (QED) is 0.754. The van der Waals surface area contributed by atoms with Gasteiger partial charge in [0.2, 0.25) is 0 Å². The first-order valence-electron chi connectivity index (χ1n) is 6.35. The molecule has 2 aromatic rings. The van der Waals surface area contributed by atoms with E-state index in [4.69, 9.17) is 5.11 Å². The highest BCUT2D eigenvalue weighted by Crippen LogP contribution is 2.27. The molecule has 7 nitrogen and oxygen atoms in total. The first kappa shape index (κ1) is 14.7. The van der Waals surface area contributed by atoms with Crippen LogP contribution in [0.15, 0.2) is 39.3 Å². The van der Waals surface area contributed by atoms with E-state index in [-0.39, 0.29) is 22.2 Å². The number of benzene rings is 1. The van der Waals surface area contributed by atoms with Crippen molar-refractivity contribution in [1.29, 1.82) is 0 Å². The van der Waals surface area contributed by atoms with E-state index in [0.29, 0.717) is 11.4 Å². The maximum Gasteiger partial charge on any atom is 0.335 e. The SMILES string of the molecule is CC(C)(C)c1[nH][nH]c(=O)c1N=Nc1cccc(C(=O)O)c1. The maximum atomic E-state index is 11.7. The van der Waals surface area contributed by atoms with Crippen LogP contribution in [0.5, 0.6) is 0 Å². The number of rotatable bonds is 3. The monoisotopic (exact) mass is 288 g/mol. The van der Waals surface area contributed by atoms with Crippen LogP contribution in [0.4, 0.5) is 11.4 Å². The van der Waals surface area contributed by atoms with Crippen LogP contribution in [0, 0.1) is 0 Å². The summed E-state index contributed by atoms with van der Waals surface area (Å²) in [5.41, 5.74) is 0.670. The van der Waals surface area contributed by atoms with Gasteiger partial charge in [0.05, 0.1) is 16.9 Å². The molecule has 0 saturated heterocycles. The number of carbonyl (C=O) groups is 1. The fourth-order valence-electron chi connectivity index (χ4n) is 1.80. The molecule has 0 spiro atoms. The minimum Gasteiger partial charge on any atom is -0.478 e. The van der Waals surface area contributed by atoms with E-state index in [0.717, 1.165) is 0 Å². The van der Waals surface area contributed by atoms with Gasteiger partial charge in [-0.2, -0.15) is 5.11 Å². The van der Waals surface area contributed by atoms with Crippen LogP contribution in [-0.4, -0.2) is 21.3 Å². The van der Waals surface area contributed by atoms with Gasteiger partial charge < -0.3 is 5.11 Å². The summed E-state index contributed by atoms with van der Waals surface area (Å²) < 4.78 is 0. The molecule has 110 valence electrons. The molecule has 21 heavy (non-hydrogen) atoms. The van der Waals surface area contributed by atoms with Crippen LogP contribution in [0.1, 0.15) is 36.8 Å². The highest BCUT2D eigenvalue weighted by atomic mass is 16.4. The third-order valence-corrected chi connectivity index (χ3v) is 2.86. The van der Waals surface area contributed by atoms with Crippen molar-refractivity contribution in [2.75, 3.05) is 0 Å². The van der Waals surface area contributed by atoms with Gasteiger partial charge in [-0.25, -0.2) is 4.79 Å². The number of carboxylic acids is 1. The zero-order valence-electron chi connectivity index (χ0n) is 12.0. The Balaban J connectivity index is 2.39. The third-order valence-electron chi connectivity index (χ3n) is 2.86. The highest BCUT2D eigenvalue weighted by Gasteiger charge is 2.22. The zero-order valence-corrected chi connectivity index (χ0v) is 12.0. The van der Waals surface area contributed by atoms with Crippen molar-refractivity contribution >= 4 is 17.3 Å². The van der Waals surface area contributed by atoms with E-state index in [2.05, 4.69) is 20.4 Å². The minimum atomic E-state index is -1.04. The summed E-state index contributed by atoms with van der Waals surface area (Å²) in [5.74, 6) is -1.04. The predicted octanol–water partition coefficient (Wildman–Crippen LogP) is 3.11. The zero-order chi connectivity index (χ0) is 15.6. The Morgan fingerprint density at radius 3 is 2.52 bits per heavy atom. The van der Waals surface area contributed by atoms with Crippen LogP contribution >= 0.6 is 0 Å². The number of aromatic carboxylic acids is 1. The molecule has 1 aromatic heterocycles. The second-order valence-corrected chi connectivity index (χ2v) is 5.61. The second kappa shape index (κ2) is 5.35. The Bertz CT molecular complexity index is 750. The third kappa shape index (κ3) is 3.25. The van der Waals surface area contributed by atoms with Gasteiger partial charge in [-0.05, 0) is 18.2 Å². The molecule has 0 amide bonds. The van der Waals surface area contributed by atoms with Crippen LogP contribution in [0.2, 0.25) is 0 Å². The summed E-state index contributed by atoms with van der Waals surface area (Å²) in [6.45, 7) is 5.82. The van der Waals surface area contributed by atoms with Gasteiger partial charge >= 0.3 is 5.97 Å². The molecule has 0 unspecified atom stereocenters. The standard InChI is InChI=1S/C14H16N4O3/c1-14(2,3)11-10(12(19)18-17-11)16-15-9-6-4-5-8(7-9)13(20)21/h4-7H,1-3H3,(H,20,21)(H2,17,18,19). The molecule has 1 heterocycles. The molecule has 0 bridgehead atoms. The van der Waals surface area contributed by atoms with E-state index in [1.807, 2.05) is 20.8 Å². The largest absolute Gasteiger partial charge is 0.478 e. The number of hydrogen-bond donors (Lipinski definition) is 3. The Morgan fingerprint density at radius 1 is 1.19 bits per heavy atom. The normalized spacial score (nSPS) is 12.0. The molecule has 2 rings (SSSR count). The number of hydrogen-bond acceptors (Lipinski definition) is 4. The Morgan fingerprint density at radius 2 is 1.90 bits per heavy atom. The number of azo groups is 1. The molecule has 0 aliphatic heterocycles. The van der Waals surface area contributed by atoms with Crippen molar-refractivity contribution < 1.29 is 9.90 Å². The van der Waals surface area contributed by atoms with Crippen LogP contribution in [0.25, 0.3) is 0 Å². The van der Waals surface area contributed by atoms with Crippen LogP contribution in [0.3, 0.4) is 0 Å². The average Bonchev–Trinajstić information content (AvgIpc) is 2.78. The lowest BCUT2D eigenvalue weighted by Crippen LogP contribution is -2.12. The maximum absolute atomic E-state index is 11.7. The van der Waals surface area contributed by atoms with Crippen molar-refractivity contribution in [2.45, 2.75) is 26.2 Å².